The molecule has 0 N–H and O–H groups in total. The molecular formula is C43H50F3N3O5Si. The smallest absolute Gasteiger partial charge is 0.374 e. The van der Waals surface area contributed by atoms with Gasteiger partial charge in [-0.1, -0.05) is 160 Å². The van der Waals surface area contributed by atoms with Gasteiger partial charge >= 0.3 is 6.18 Å². The van der Waals surface area contributed by atoms with Gasteiger partial charge in [-0.15, -0.1) is 5.10 Å². The molecule has 292 valence electrons. The first kappa shape index (κ1) is 40.5. The highest BCUT2D eigenvalue weighted by Crippen LogP contribution is 2.42. The monoisotopic (exact) mass is 773 g/mol. The lowest BCUT2D eigenvalue weighted by Gasteiger charge is -2.46. The highest BCUT2D eigenvalue weighted by atomic mass is 28.3. The first-order valence-corrected chi connectivity index (χ1v) is 21.6. The van der Waals surface area contributed by atoms with Gasteiger partial charge in [0, 0.05) is 0 Å². The number of rotatable bonds is 15. The Kier molecular flexibility index (Phi) is 13.1. The Morgan fingerprint density at radius 3 is 1.47 bits per heavy atom. The van der Waals surface area contributed by atoms with Crippen LogP contribution in [0.25, 0.3) is 0 Å². The SMILES string of the molecule is CC(C)(C)[Si](C)(C)c1nnn(C2O[C@H](COCc3ccccc3)[C@@H](OCc3ccccc3)[C@H](OCc3ccccc3)[C@H]2OCc2ccccc2)c1C(F)(F)F. The Bertz CT molecular complexity index is 1910. The molecule has 0 aliphatic carbocycles. The van der Waals surface area contributed by atoms with Crippen molar-refractivity contribution in [2.24, 2.45) is 0 Å². The normalized spacial score (nSPS) is 20.8. The van der Waals surface area contributed by atoms with Crippen LogP contribution in [0.2, 0.25) is 18.1 Å². The summed E-state index contributed by atoms with van der Waals surface area (Å²) in [7, 11) is -2.88. The van der Waals surface area contributed by atoms with Crippen LogP contribution in [0.5, 0.6) is 0 Å². The standard InChI is InChI=1S/C43H50F3N3O5Si/c1-42(2,3)55(4,5)40-39(43(44,45)46)49(48-47-40)41-38(53-29-34-24-16-9-17-25-34)37(52-28-33-22-14-8-15-23-33)36(51-27-32-20-12-7-13-21-32)35(54-41)30-50-26-31-18-10-6-11-19-31/h6-25,35-38,41H,26-30H2,1-5H3/t35-,36-,37+,38-,41?/m1/s1. The van der Waals surface area contributed by atoms with Crippen LogP contribution in [0.3, 0.4) is 0 Å². The molecule has 1 aliphatic heterocycles. The van der Waals surface area contributed by atoms with Crippen molar-refractivity contribution in [1.82, 2.24) is 15.0 Å². The van der Waals surface area contributed by atoms with Crippen molar-refractivity contribution in [2.75, 3.05) is 6.61 Å². The fraction of sp³-hybridized carbons (Fsp3) is 0.395. The Labute approximate surface area is 322 Å². The summed E-state index contributed by atoms with van der Waals surface area (Å²) in [6.45, 7) is 10.3. The molecule has 1 aromatic heterocycles. The molecule has 4 aromatic carbocycles. The van der Waals surface area contributed by atoms with E-state index >= 15 is 13.2 Å². The maximum atomic E-state index is 15.5. The first-order valence-electron chi connectivity index (χ1n) is 18.6. The first-order chi connectivity index (χ1) is 26.3. The van der Waals surface area contributed by atoms with Crippen molar-refractivity contribution >= 4 is 13.4 Å². The molecule has 0 saturated carbocycles. The van der Waals surface area contributed by atoms with E-state index in [0.29, 0.717) is 0 Å². The fourth-order valence-corrected chi connectivity index (χ4v) is 8.33. The van der Waals surface area contributed by atoms with Gasteiger partial charge in [0.05, 0.1) is 38.4 Å². The molecule has 1 saturated heterocycles. The highest BCUT2D eigenvalue weighted by molar-refractivity contribution is 6.91. The molecule has 6 rings (SSSR count). The van der Waals surface area contributed by atoms with Gasteiger partial charge in [0.1, 0.15) is 32.5 Å². The Hall–Kier alpha value is -4.17. The number of nitrogens with zero attached hydrogens (tertiary/aromatic N) is 3. The summed E-state index contributed by atoms with van der Waals surface area (Å²) in [6, 6.07) is 38.4. The molecule has 0 spiro atoms. The number of ether oxygens (including phenoxy) is 5. The van der Waals surface area contributed by atoms with E-state index in [0.717, 1.165) is 26.9 Å². The average Bonchev–Trinajstić information content (AvgIpc) is 3.64. The summed E-state index contributed by atoms with van der Waals surface area (Å²) in [5.74, 6) is 0. The average molecular weight is 774 g/mol. The van der Waals surface area contributed by atoms with E-state index in [2.05, 4.69) is 10.3 Å². The number of halogens is 3. The van der Waals surface area contributed by atoms with Crippen molar-refractivity contribution in [2.45, 2.75) is 102 Å². The zero-order valence-electron chi connectivity index (χ0n) is 32.0. The molecular weight excluding hydrogens is 724 g/mol. The number of alkyl halides is 3. The van der Waals surface area contributed by atoms with Gasteiger partial charge in [-0.2, -0.15) is 13.2 Å². The Balaban J connectivity index is 1.46. The second-order valence-corrected chi connectivity index (χ2v) is 20.7. The van der Waals surface area contributed by atoms with Gasteiger partial charge < -0.3 is 23.7 Å². The molecule has 1 aliphatic rings. The molecule has 5 aromatic rings. The van der Waals surface area contributed by atoms with Crippen molar-refractivity contribution in [3.05, 3.63) is 149 Å². The zero-order valence-corrected chi connectivity index (χ0v) is 33.0. The molecule has 8 nitrogen and oxygen atoms in total. The third kappa shape index (κ3) is 9.99. The van der Waals surface area contributed by atoms with Crippen LogP contribution in [-0.2, 0) is 56.3 Å². The molecule has 1 fully saturated rings. The van der Waals surface area contributed by atoms with Crippen molar-refractivity contribution in [3.8, 4) is 0 Å². The summed E-state index contributed by atoms with van der Waals surface area (Å²) >= 11 is 0. The predicted molar refractivity (Wildman–Crippen MR) is 207 cm³/mol. The minimum absolute atomic E-state index is 0.00735. The number of hydrogen-bond acceptors (Lipinski definition) is 7. The quantitative estimate of drug-likeness (QED) is 0.0985. The molecule has 1 unspecified atom stereocenters. The fourth-order valence-electron chi connectivity index (χ4n) is 6.47. The van der Waals surface area contributed by atoms with E-state index in [9.17, 15) is 0 Å². The number of aromatic nitrogens is 3. The molecule has 12 heteroatoms. The van der Waals surface area contributed by atoms with Gasteiger partial charge in [-0.3, -0.25) is 0 Å². The lowest BCUT2D eigenvalue weighted by molar-refractivity contribution is -0.294. The summed E-state index contributed by atoms with van der Waals surface area (Å²) in [4.78, 5) is 0. The molecule has 0 radical (unpaired) electrons. The summed E-state index contributed by atoms with van der Waals surface area (Å²) in [5.41, 5.74) is 2.61. The van der Waals surface area contributed by atoms with E-state index in [1.807, 2.05) is 155 Å². The largest absolute Gasteiger partial charge is 0.434 e. The summed E-state index contributed by atoms with van der Waals surface area (Å²) < 4.78 is 80.4. The third-order valence-corrected chi connectivity index (χ3v) is 15.8. The van der Waals surface area contributed by atoms with Crippen LogP contribution in [0.1, 0.15) is 54.9 Å². The zero-order chi connectivity index (χ0) is 39.1. The van der Waals surface area contributed by atoms with Crippen LogP contribution < -0.4 is 5.32 Å². The van der Waals surface area contributed by atoms with E-state index in [4.69, 9.17) is 23.7 Å². The van der Waals surface area contributed by atoms with Crippen LogP contribution in [-0.4, -0.2) is 54.1 Å². The van der Waals surface area contributed by atoms with Crippen molar-refractivity contribution in [3.63, 3.8) is 0 Å². The van der Waals surface area contributed by atoms with Crippen molar-refractivity contribution in [1.29, 1.82) is 0 Å². The lowest BCUT2D eigenvalue weighted by Crippen LogP contribution is -2.60. The molecule has 0 amide bonds. The molecule has 55 heavy (non-hydrogen) atoms. The van der Waals surface area contributed by atoms with Crippen molar-refractivity contribution < 1.29 is 36.9 Å². The maximum absolute atomic E-state index is 15.5. The molecule has 5 atom stereocenters. The van der Waals surface area contributed by atoms with E-state index in [1.165, 1.54) is 0 Å². The second kappa shape index (κ2) is 17.7. The highest BCUT2D eigenvalue weighted by Gasteiger charge is 2.54. The van der Waals surface area contributed by atoms with Crippen LogP contribution in [0.4, 0.5) is 13.2 Å². The van der Waals surface area contributed by atoms with Gasteiger partial charge in [0.2, 0.25) is 0 Å². The number of benzene rings is 4. The lowest BCUT2D eigenvalue weighted by atomic mass is 9.96. The van der Waals surface area contributed by atoms with E-state index in [1.54, 1.807) is 0 Å². The van der Waals surface area contributed by atoms with Gasteiger partial charge in [0.15, 0.2) is 11.9 Å². The second-order valence-electron chi connectivity index (χ2n) is 15.5. The Morgan fingerprint density at radius 1 is 0.618 bits per heavy atom. The van der Waals surface area contributed by atoms with E-state index < -0.39 is 55.6 Å². The van der Waals surface area contributed by atoms with Gasteiger partial charge in [0.25, 0.3) is 0 Å². The maximum Gasteiger partial charge on any atom is 0.434 e. The number of hydrogen-bond donors (Lipinski definition) is 0. The topological polar surface area (TPSA) is 76.9 Å². The summed E-state index contributed by atoms with van der Waals surface area (Å²) in [6.07, 6.45) is -9.98. The predicted octanol–water partition coefficient (Wildman–Crippen LogP) is 8.88. The minimum Gasteiger partial charge on any atom is -0.374 e. The molecule has 0 bridgehead atoms. The van der Waals surface area contributed by atoms with Crippen LogP contribution >= 0.6 is 0 Å². The third-order valence-electron chi connectivity index (χ3n) is 10.5. The summed E-state index contributed by atoms with van der Waals surface area (Å²) in [5, 5.41) is 8.06. The van der Waals surface area contributed by atoms with E-state index in [-0.39, 0.29) is 38.4 Å². The van der Waals surface area contributed by atoms with Crippen LogP contribution in [0.15, 0.2) is 121 Å². The van der Waals surface area contributed by atoms with Gasteiger partial charge in [-0.05, 0) is 27.3 Å². The Morgan fingerprint density at radius 2 is 1.04 bits per heavy atom. The molecule has 2 heterocycles. The van der Waals surface area contributed by atoms with Crippen LogP contribution in [0, 0.1) is 0 Å². The minimum atomic E-state index is -4.80. The van der Waals surface area contributed by atoms with Gasteiger partial charge in [-0.25, -0.2) is 4.68 Å².